The van der Waals surface area contributed by atoms with Gasteiger partial charge in [0.2, 0.25) is 0 Å². The highest BCUT2D eigenvalue weighted by Crippen LogP contribution is 2.14. The standard InChI is InChI=1S/C17H20N6O2/c1-12(2)10-14(17(24)25-11-13-6-4-3-5-7-13)18-15-8-9-16-19-21-22-23(16)20-15/h3-9,12,14H,10-11H2,1-2H3,(H,18,20)/t14-/m1/s1. The molecule has 0 aliphatic heterocycles. The van der Waals surface area contributed by atoms with Crippen LogP contribution in [0.25, 0.3) is 5.65 Å². The molecule has 0 amide bonds. The zero-order valence-electron chi connectivity index (χ0n) is 14.2. The molecule has 25 heavy (non-hydrogen) atoms. The first-order valence-electron chi connectivity index (χ1n) is 8.14. The SMILES string of the molecule is CC(C)C[C@@H](Nc1ccc2nnnn2n1)C(=O)OCc1ccccc1. The molecule has 8 nitrogen and oxygen atoms in total. The Morgan fingerprint density at radius 1 is 1.20 bits per heavy atom. The summed E-state index contributed by atoms with van der Waals surface area (Å²) in [7, 11) is 0. The van der Waals surface area contributed by atoms with Crippen LogP contribution in [0.2, 0.25) is 0 Å². The molecule has 0 unspecified atom stereocenters. The maximum absolute atomic E-state index is 12.5. The summed E-state index contributed by atoms with van der Waals surface area (Å²) < 4.78 is 6.77. The van der Waals surface area contributed by atoms with Crippen molar-refractivity contribution in [2.24, 2.45) is 5.92 Å². The number of rotatable bonds is 7. The third-order valence-electron chi connectivity index (χ3n) is 3.61. The molecule has 3 aromatic rings. The zero-order valence-corrected chi connectivity index (χ0v) is 14.2. The van der Waals surface area contributed by atoms with Gasteiger partial charge in [-0.1, -0.05) is 44.2 Å². The summed E-state index contributed by atoms with van der Waals surface area (Å²) in [6.45, 7) is 4.35. The lowest BCUT2D eigenvalue weighted by atomic mass is 10.0. The molecule has 0 saturated heterocycles. The van der Waals surface area contributed by atoms with Crippen molar-refractivity contribution in [3.63, 3.8) is 0 Å². The van der Waals surface area contributed by atoms with Crippen LogP contribution in [-0.2, 0) is 16.1 Å². The molecule has 0 aliphatic carbocycles. The normalized spacial score (nSPS) is 12.3. The fourth-order valence-electron chi connectivity index (χ4n) is 2.42. The lowest BCUT2D eigenvalue weighted by Gasteiger charge is -2.19. The quantitative estimate of drug-likeness (QED) is 0.658. The predicted octanol–water partition coefficient (Wildman–Crippen LogP) is 2.09. The van der Waals surface area contributed by atoms with Crippen LogP contribution in [0.3, 0.4) is 0 Å². The number of ether oxygens (including phenoxy) is 1. The van der Waals surface area contributed by atoms with Crippen molar-refractivity contribution in [1.82, 2.24) is 25.3 Å². The van der Waals surface area contributed by atoms with Gasteiger partial charge in [-0.05, 0) is 40.5 Å². The summed E-state index contributed by atoms with van der Waals surface area (Å²) in [5, 5.41) is 18.5. The Morgan fingerprint density at radius 3 is 2.76 bits per heavy atom. The lowest BCUT2D eigenvalue weighted by molar-refractivity contribution is -0.146. The Balaban J connectivity index is 1.68. The molecule has 1 aromatic carbocycles. The van der Waals surface area contributed by atoms with Crippen LogP contribution in [0.4, 0.5) is 5.82 Å². The molecule has 1 N–H and O–H groups in total. The van der Waals surface area contributed by atoms with Gasteiger partial charge in [0, 0.05) is 0 Å². The van der Waals surface area contributed by atoms with Crippen molar-refractivity contribution in [2.45, 2.75) is 32.9 Å². The highest BCUT2D eigenvalue weighted by atomic mass is 16.5. The number of hydrogen-bond acceptors (Lipinski definition) is 7. The second kappa shape index (κ2) is 7.69. The van der Waals surface area contributed by atoms with Gasteiger partial charge in [-0.25, -0.2) is 4.79 Å². The van der Waals surface area contributed by atoms with Crippen LogP contribution < -0.4 is 5.32 Å². The number of carbonyl (C=O) groups excluding carboxylic acids is 1. The monoisotopic (exact) mass is 340 g/mol. The van der Waals surface area contributed by atoms with E-state index in [9.17, 15) is 4.79 Å². The van der Waals surface area contributed by atoms with Gasteiger partial charge in [-0.3, -0.25) is 0 Å². The van der Waals surface area contributed by atoms with Gasteiger partial charge in [-0.15, -0.1) is 14.8 Å². The third kappa shape index (κ3) is 4.50. The Morgan fingerprint density at radius 2 is 2.00 bits per heavy atom. The van der Waals surface area contributed by atoms with E-state index in [1.54, 1.807) is 12.1 Å². The van der Waals surface area contributed by atoms with Crippen molar-refractivity contribution in [2.75, 3.05) is 5.32 Å². The first-order valence-corrected chi connectivity index (χ1v) is 8.14. The fourth-order valence-corrected chi connectivity index (χ4v) is 2.42. The number of aromatic nitrogens is 5. The smallest absolute Gasteiger partial charge is 0.328 e. The molecule has 0 fully saturated rings. The van der Waals surface area contributed by atoms with Crippen LogP contribution in [0.1, 0.15) is 25.8 Å². The molecule has 0 bridgehead atoms. The second-order valence-corrected chi connectivity index (χ2v) is 6.16. The Labute approximate surface area is 145 Å². The molecule has 0 aliphatic rings. The van der Waals surface area contributed by atoms with Gasteiger partial charge >= 0.3 is 5.97 Å². The third-order valence-corrected chi connectivity index (χ3v) is 3.61. The van der Waals surface area contributed by atoms with Gasteiger partial charge in [0.25, 0.3) is 0 Å². The van der Waals surface area contributed by atoms with E-state index in [-0.39, 0.29) is 12.6 Å². The Bertz CT molecular complexity index is 833. The van der Waals surface area contributed by atoms with Crippen LogP contribution in [0.5, 0.6) is 0 Å². The van der Waals surface area contributed by atoms with Crippen molar-refractivity contribution in [3.8, 4) is 0 Å². The number of fused-ring (bicyclic) bond motifs is 1. The van der Waals surface area contributed by atoms with Crippen LogP contribution in [-0.4, -0.2) is 37.3 Å². The summed E-state index contributed by atoms with van der Waals surface area (Å²) in [4.78, 5) is 12.5. The average molecular weight is 340 g/mol. The van der Waals surface area contributed by atoms with Crippen molar-refractivity contribution in [3.05, 3.63) is 48.0 Å². The van der Waals surface area contributed by atoms with Crippen molar-refractivity contribution >= 4 is 17.4 Å². The molecular formula is C17H20N6O2. The molecule has 1 atom stereocenters. The summed E-state index contributed by atoms with van der Waals surface area (Å²) in [6, 6.07) is 12.6. The molecule has 3 rings (SSSR count). The first kappa shape index (κ1) is 16.8. The number of benzene rings is 1. The number of nitrogens with one attached hydrogen (secondary N) is 1. The number of hydrogen-bond donors (Lipinski definition) is 1. The van der Waals surface area contributed by atoms with E-state index in [4.69, 9.17) is 4.74 Å². The first-order chi connectivity index (χ1) is 12.1. The van der Waals surface area contributed by atoms with Crippen LogP contribution >= 0.6 is 0 Å². The van der Waals surface area contributed by atoms with Gasteiger partial charge in [0.1, 0.15) is 18.5 Å². The van der Waals surface area contributed by atoms with Crippen molar-refractivity contribution in [1.29, 1.82) is 0 Å². The Kier molecular flexibility index (Phi) is 5.17. The molecule has 8 heteroatoms. The number of tetrazole rings is 1. The van der Waals surface area contributed by atoms with E-state index in [2.05, 4.69) is 39.8 Å². The summed E-state index contributed by atoms with van der Waals surface area (Å²) in [5.74, 6) is 0.525. The molecule has 2 heterocycles. The second-order valence-electron chi connectivity index (χ2n) is 6.16. The minimum atomic E-state index is -0.495. The predicted molar refractivity (Wildman–Crippen MR) is 91.7 cm³/mol. The highest BCUT2D eigenvalue weighted by Gasteiger charge is 2.22. The van der Waals surface area contributed by atoms with Gasteiger partial charge in [0.15, 0.2) is 5.65 Å². The van der Waals surface area contributed by atoms with Crippen LogP contribution in [0.15, 0.2) is 42.5 Å². The number of esters is 1. The minimum absolute atomic E-state index is 0.245. The summed E-state index contributed by atoms with van der Waals surface area (Å²) in [6.07, 6.45) is 0.628. The zero-order chi connectivity index (χ0) is 17.6. The van der Waals surface area contributed by atoms with Gasteiger partial charge in [0.05, 0.1) is 0 Å². The summed E-state index contributed by atoms with van der Waals surface area (Å²) >= 11 is 0. The van der Waals surface area contributed by atoms with Gasteiger partial charge < -0.3 is 10.1 Å². The maximum Gasteiger partial charge on any atom is 0.328 e. The topological polar surface area (TPSA) is 94.3 Å². The van der Waals surface area contributed by atoms with Crippen molar-refractivity contribution < 1.29 is 9.53 Å². The number of anilines is 1. The average Bonchev–Trinajstić information content (AvgIpc) is 3.07. The van der Waals surface area contributed by atoms with Crippen LogP contribution in [0, 0.1) is 5.92 Å². The lowest BCUT2D eigenvalue weighted by Crippen LogP contribution is -2.33. The van der Waals surface area contributed by atoms with Gasteiger partial charge in [-0.2, -0.15) is 0 Å². The fraction of sp³-hybridized carbons (Fsp3) is 0.353. The minimum Gasteiger partial charge on any atom is -0.459 e. The summed E-state index contributed by atoms with van der Waals surface area (Å²) in [5.41, 5.74) is 1.49. The maximum atomic E-state index is 12.5. The molecular weight excluding hydrogens is 320 g/mol. The van der Waals surface area contributed by atoms with E-state index in [0.29, 0.717) is 23.8 Å². The number of carbonyl (C=O) groups is 1. The largest absolute Gasteiger partial charge is 0.459 e. The van der Waals surface area contributed by atoms with E-state index in [1.165, 1.54) is 4.63 Å². The van der Waals surface area contributed by atoms with E-state index in [0.717, 1.165) is 5.56 Å². The molecule has 0 radical (unpaired) electrons. The molecule has 0 saturated carbocycles. The highest BCUT2D eigenvalue weighted by molar-refractivity contribution is 5.79. The van der Waals surface area contributed by atoms with E-state index >= 15 is 0 Å². The number of nitrogens with zero attached hydrogens (tertiary/aromatic N) is 5. The van der Waals surface area contributed by atoms with E-state index in [1.807, 2.05) is 30.3 Å². The molecule has 0 spiro atoms. The molecule has 130 valence electrons. The Hall–Kier alpha value is -3.03. The molecule has 2 aromatic heterocycles. The van der Waals surface area contributed by atoms with E-state index < -0.39 is 6.04 Å².